The van der Waals surface area contributed by atoms with E-state index in [2.05, 4.69) is 17.3 Å². The van der Waals surface area contributed by atoms with E-state index in [1.165, 1.54) is 12.8 Å². The van der Waals surface area contributed by atoms with Gasteiger partial charge in [-0.3, -0.25) is 0 Å². The van der Waals surface area contributed by atoms with Crippen LogP contribution in [0.4, 0.5) is 11.6 Å². The molecule has 1 fully saturated rings. The van der Waals surface area contributed by atoms with Gasteiger partial charge in [-0.2, -0.15) is 0 Å². The summed E-state index contributed by atoms with van der Waals surface area (Å²) in [6.45, 7) is 1.08. The average Bonchev–Trinajstić information content (AvgIpc) is 2.63. The summed E-state index contributed by atoms with van der Waals surface area (Å²) in [7, 11) is 2.09. The Hall–Kier alpha value is -1.12. The van der Waals surface area contributed by atoms with Gasteiger partial charge in [0.1, 0.15) is 0 Å². The second-order valence-corrected chi connectivity index (χ2v) is 3.90. The Kier molecular flexibility index (Phi) is 0.953. The summed E-state index contributed by atoms with van der Waals surface area (Å²) in [5.74, 6) is 0.979. The molecule has 12 heavy (non-hydrogen) atoms. The van der Waals surface area contributed by atoms with Gasteiger partial charge in [-0.25, -0.2) is 0 Å². The van der Waals surface area contributed by atoms with Gasteiger partial charge in [0.15, 0.2) is 0 Å². The van der Waals surface area contributed by atoms with Gasteiger partial charge in [-0.05, 0) is 12.8 Å². The van der Waals surface area contributed by atoms with E-state index in [4.69, 9.17) is 4.42 Å². The molecule has 2 aliphatic rings. The van der Waals surface area contributed by atoms with Gasteiger partial charge in [0.05, 0.1) is 17.5 Å². The van der Waals surface area contributed by atoms with Crippen molar-refractivity contribution in [2.75, 3.05) is 23.8 Å². The van der Waals surface area contributed by atoms with Crippen molar-refractivity contribution in [2.45, 2.75) is 18.4 Å². The molecule has 0 atom stereocenters. The van der Waals surface area contributed by atoms with Crippen molar-refractivity contribution in [3.63, 3.8) is 0 Å². The summed E-state index contributed by atoms with van der Waals surface area (Å²) < 4.78 is 5.35. The molecule has 0 bridgehead atoms. The smallest absolute Gasteiger partial charge is 0.218 e. The zero-order chi connectivity index (χ0) is 8.18. The topological polar surface area (TPSA) is 28.4 Å². The second kappa shape index (κ2) is 1.79. The summed E-state index contributed by atoms with van der Waals surface area (Å²) >= 11 is 0. The Labute approximate surface area is 71.3 Å². The SMILES string of the molecule is CN1CC2(CC2)Nc2ccoc21. The average molecular weight is 164 g/mol. The molecule has 3 heteroatoms. The minimum atomic E-state index is 0.381. The molecule has 0 amide bonds. The summed E-state index contributed by atoms with van der Waals surface area (Å²) in [5, 5.41) is 3.52. The summed E-state index contributed by atoms with van der Waals surface area (Å²) in [6.07, 6.45) is 4.33. The summed E-state index contributed by atoms with van der Waals surface area (Å²) in [5.41, 5.74) is 1.53. The van der Waals surface area contributed by atoms with Crippen molar-refractivity contribution >= 4 is 11.6 Å². The molecule has 1 N–H and O–H groups in total. The van der Waals surface area contributed by atoms with Crippen molar-refractivity contribution in [1.29, 1.82) is 0 Å². The molecule has 1 saturated carbocycles. The van der Waals surface area contributed by atoms with Gasteiger partial charge < -0.3 is 14.6 Å². The lowest BCUT2D eigenvalue weighted by molar-refractivity contribution is 0.534. The van der Waals surface area contributed by atoms with Crippen molar-refractivity contribution in [3.8, 4) is 0 Å². The zero-order valence-corrected chi connectivity index (χ0v) is 7.13. The molecule has 0 aromatic carbocycles. The lowest BCUT2D eigenvalue weighted by atomic mass is 10.2. The maximum Gasteiger partial charge on any atom is 0.218 e. The first-order valence-corrected chi connectivity index (χ1v) is 4.36. The molecule has 3 nitrogen and oxygen atoms in total. The van der Waals surface area contributed by atoms with Crippen LogP contribution in [0.1, 0.15) is 12.8 Å². The fourth-order valence-electron chi connectivity index (χ4n) is 1.98. The molecular formula is C9H12N2O. The minimum absolute atomic E-state index is 0.381. The van der Waals surface area contributed by atoms with Gasteiger partial charge in [0.2, 0.25) is 5.88 Å². The number of hydrogen-bond donors (Lipinski definition) is 1. The molecule has 1 aliphatic carbocycles. The first-order chi connectivity index (χ1) is 5.79. The van der Waals surface area contributed by atoms with Crippen LogP contribution in [-0.2, 0) is 0 Å². The minimum Gasteiger partial charge on any atom is -0.447 e. The van der Waals surface area contributed by atoms with Crippen LogP contribution < -0.4 is 10.2 Å². The third kappa shape index (κ3) is 0.709. The van der Waals surface area contributed by atoms with Crippen LogP contribution in [0.2, 0.25) is 0 Å². The Morgan fingerprint density at radius 3 is 3.17 bits per heavy atom. The number of furan rings is 1. The standard InChI is InChI=1S/C9H12N2O/c1-11-6-9(3-4-9)10-7-2-5-12-8(7)11/h2,5,10H,3-4,6H2,1H3. The number of rotatable bonds is 0. The molecule has 1 aliphatic heterocycles. The number of likely N-dealkylation sites (N-methyl/N-ethyl adjacent to an activating group) is 1. The maximum absolute atomic E-state index is 5.35. The molecule has 3 rings (SSSR count). The molecule has 2 heterocycles. The van der Waals surface area contributed by atoms with Crippen LogP contribution in [0.15, 0.2) is 16.7 Å². The fourth-order valence-corrected chi connectivity index (χ4v) is 1.98. The van der Waals surface area contributed by atoms with Crippen LogP contribution in [0.3, 0.4) is 0 Å². The van der Waals surface area contributed by atoms with Crippen molar-refractivity contribution in [3.05, 3.63) is 12.3 Å². The van der Waals surface area contributed by atoms with Crippen LogP contribution in [0, 0.1) is 0 Å². The summed E-state index contributed by atoms with van der Waals surface area (Å²) in [6, 6.07) is 2.01. The molecule has 0 saturated heterocycles. The van der Waals surface area contributed by atoms with Gasteiger partial charge in [-0.1, -0.05) is 0 Å². The van der Waals surface area contributed by atoms with Gasteiger partial charge in [-0.15, -0.1) is 0 Å². The van der Waals surface area contributed by atoms with E-state index in [0.29, 0.717) is 5.54 Å². The predicted molar refractivity (Wildman–Crippen MR) is 47.6 cm³/mol. The number of hydrogen-bond acceptors (Lipinski definition) is 3. The Morgan fingerprint density at radius 2 is 2.42 bits per heavy atom. The van der Waals surface area contributed by atoms with Gasteiger partial charge in [0, 0.05) is 19.7 Å². The number of anilines is 2. The Morgan fingerprint density at radius 1 is 1.58 bits per heavy atom. The monoisotopic (exact) mass is 164 g/mol. The molecule has 1 aromatic rings. The van der Waals surface area contributed by atoms with E-state index in [9.17, 15) is 0 Å². The largest absolute Gasteiger partial charge is 0.447 e. The highest BCUT2D eigenvalue weighted by molar-refractivity contribution is 5.69. The second-order valence-electron chi connectivity index (χ2n) is 3.90. The maximum atomic E-state index is 5.35. The van der Waals surface area contributed by atoms with Crippen LogP contribution in [0.25, 0.3) is 0 Å². The molecular weight excluding hydrogens is 152 g/mol. The molecule has 64 valence electrons. The van der Waals surface area contributed by atoms with Crippen molar-refractivity contribution in [2.24, 2.45) is 0 Å². The van der Waals surface area contributed by atoms with E-state index in [1.807, 2.05) is 6.07 Å². The number of nitrogens with one attached hydrogen (secondary N) is 1. The molecule has 1 aromatic heterocycles. The third-order valence-corrected chi connectivity index (χ3v) is 2.78. The van der Waals surface area contributed by atoms with E-state index in [1.54, 1.807) is 6.26 Å². The highest BCUT2D eigenvalue weighted by Crippen LogP contribution is 2.46. The predicted octanol–water partition coefficient (Wildman–Crippen LogP) is 1.67. The van der Waals surface area contributed by atoms with E-state index >= 15 is 0 Å². The van der Waals surface area contributed by atoms with Crippen LogP contribution in [0.5, 0.6) is 0 Å². The van der Waals surface area contributed by atoms with E-state index in [0.717, 1.165) is 18.1 Å². The number of fused-ring (bicyclic) bond motifs is 1. The molecule has 0 radical (unpaired) electrons. The van der Waals surface area contributed by atoms with E-state index in [-0.39, 0.29) is 0 Å². The van der Waals surface area contributed by atoms with Crippen molar-refractivity contribution < 1.29 is 4.42 Å². The highest BCUT2D eigenvalue weighted by Gasteiger charge is 2.47. The van der Waals surface area contributed by atoms with Crippen LogP contribution >= 0.6 is 0 Å². The lowest BCUT2D eigenvalue weighted by Gasteiger charge is -2.31. The van der Waals surface area contributed by atoms with Gasteiger partial charge in [0.25, 0.3) is 0 Å². The van der Waals surface area contributed by atoms with Crippen molar-refractivity contribution in [1.82, 2.24) is 0 Å². The van der Waals surface area contributed by atoms with E-state index < -0.39 is 0 Å². The fraction of sp³-hybridized carbons (Fsp3) is 0.556. The normalized spacial score (nSPS) is 23.6. The Bertz CT molecular complexity index is 314. The third-order valence-electron chi connectivity index (χ3n) is 2.78. The molecule has 0 unspecified atom stereocenters. The summed E-state index contributed by atoms with van der Waals surface area (Å²) in [4.78, 5) is 2.19. The quantitative estimate of drug-likeness (QED) is 0.632. The zero-order valence-electron chi connectivity index (χ0n) is 7.13. The van der Waals surface area contributed by atoms with Crippen LogP contribution in [-0.4, -0.2) is 19.1 Å². The lowest BCUT2D eigenvalue weighted by Crippen LogP contribution is -2.40. The first kappa shape index (κ1) is 6.40. The molecule has 1 spiro atoms. The van der Waals surface area contributed by atoms with Gasteiger partial charge >= 0.3 is 0 Å². The Balaban J connectivity index is 2.04. The first-order valence-electron chi connectivity index (χ1n) is 4.36. The number of nitrogens with zero attached hydrogens (tertiary/aromatic N) is 1. The highest BCUT2D eigenvalue weighted by atomic mass is 16.3.